The quantitative estimate of drug-likeness (QED) is 0.889. The summed E-state index contributed by atoms with van der Waals surface area (Å²) in [5.74, 6) is 0. The van der Waals surface area contributed by atoms with Crippen LogP contribution in [0.2, 0.25) is 5.02 Å². The van der Waals surface area contributed by atoms with Crippen LogP contribution in [0.4, 0.5) is 5.69 Å². The van der Waals surface area contributed by atoms with Gasteiger partial charge >= 0.3 is 0 Å². The molecule has 1 aromatic rings. The van der Waals surface area contributed by atoms with Gasteiger partial charge in [0.25, 0.3) is 0 Å². The monoisotopic (exact) mass is 249 g/mol. The number of hydrogen-bond donors (Lipinski definition) is 1. The maximum absolute atomic E-state index is 5.83. The Morgan fingerprint density at radius 3 is 2.35 bits per heavy atom. The Morgan fingerprint density at radius 2 is 1.82 bits per heavy atom. The molecule has 1 heterocycles. The number of allylic oxidation sites excluding steroid dienone is 1. The highest BCUT2D eigenvalue weighted by Gasteiger charge is 2.18. The van der Waals surface area contributed by atoms with Crippen LogP contribution in [-0.2, 0) is 0 Å². The van der Waals surface area contributed by atoms with Crippen LogP contribution in [0.1, 0.15) is 0 Å². The van der Waals surface area contributed by atoms with Crippen molar-refractivity contribution in [2.24, 2.45) is 0 Å². The lowest BCUT2D eigenvalue weighted by atomic mass is 10.3. The van der Waals surface area contributed by atoms with E-state index < -0.39 is 0 Å². The Kier molecular flexibility index (Phi) is 3.29. The molecule has 1 N–H and O–H groups in total. The number of rotatable bonds is 3. The molecule has 4 heteroatoms. The van der Waals surface area contributed by atoms with Crippen molar-refractivity contribution >= 4 is 17.3 Å². The lowest BCUT2D eigenvalue weighted by molar-refractivity contribution is 0.133. The second-order valence-electron chi connectivity index (χ2n) is 4.03. The summed E-state index contributed by atoms with van der Waals surface area (Å²) >= 11 is 5.83. The van der Waals surface area contributed by atoms with Crippen molar-refractivity contribution in [3.63, 3.8) is 0 Å². The molecule has 90 valence electrons. The average molecular weight is 250 g/mol. The molecule has 0 radical (unpaired) electrons. The van der Waals surface area contributed by atoms with E-state index in [0.29, 0.717) is 0 Å². The standard InChI is InChI=1S/C13H16ClN3/c1-10-8-13(17(3)16(10)2)9-15-12-6-4-11(14)5-7-12/h4-8,15H,1,9H2,2-3H3. The van der Waals surface area contributed by atoms with Gasteiger partial charge < -0.3 is 5.32 Å². The van der Waals surface area contributed by atoms with E-state index in [-0.39, 0.29) is 0 Å². The van der Waals surface area contributed by atoms with Gasteiger partial charge in [-0.1, -0.05) is 18.2 Å². The highest BCUT2D eigenvalue weighted by molar-refractivity contribution is 6.30. The fraction of sp³-hybridized carbons (Fsp3) is 0.231. The SMILES string of the molecule is C=C1C=C(CNc2ccc(Cl)cc2)N(C)N1C. The molecule has 0 aromatic heterocycles. The molecule has 0 unspecified atom stereocenters. The predicted octanol–water partition coefficient (Wildman–Crippen LogP) is 2.94. The number of likely N-dealkylation sites (N-methyl/N-ethyl adjacent to an activating group) is 2. The average Bonchev–Trinajstić information content (AvgIpc) is 2.56. The normalized spacial score (nSPS) is 15.2. The lowest BCUT2D eigenvalue weighted by Crippen LogP contribution is -2.31. The second-order valence-corrected chi connectivity index (χ2v) is 4.47. The summed E-state index contributed by atoms with van der Waals surface area (Å²) in [5, 5.41) is 8.19. The van der Waals surface area contributed by atoms with E-state index in [1.54, 1.807) is 0 Å². The number of benzene rings is 1. The number of halogens is 1. The number of hydrazine groups is 1. The van der Waals surface area contributed by atoms with E-state index in [4.69, 9.17) is 11.6 Å². The smallest absolute Gasteiger partial charge is 0.0569 e. The fourth-order valence-electron chi connectivity index (χ4n) is 1.69. The Morgan fingerprint density at radius 1 is 1.18 bits per heavy atom. The van der Waals surface area contributed by atoms with Gasteiger partial charge in [0.1, 0.15) is 0 Å². The molecule has 0 amide bonds. The summed E-state index contributed by atoms with van der Waals surface area (Å²) in [6.07, 6.45) is 2.07. The van der Waals surface area contributed by atoms with Gasteiger partial charge in [-0.2, -0.15) is 0 Å². The van der Waals surface area contributed by atoms with Crippen LogP contribution in [0, 0.1) is 0 Å². The molecule has 0 atom stereocenters. The van der Waals surface area contributed by atoms with Crippen LogP contribution < -0.4 is 5.32 Å². The first-order valence-electron chi connectivity index (χ1n) is 5.44. The van der Waals surface area contributed by atoms with E-state index in [1.165, 1.54) is 5.70 Å². The minimum atomic E-state index is 0.751. The fourth-order valence-corrected chi connectivity index (χ4v) is 1.82. The van der Waals surface area contributed by atoms with Crippen LogP contribution in [0.3, 0.4) is 0 Å². The maximum atomic E-state index is 5.83. The summed E-state index contributed by atoms with van der Waals surface area (Å²) in [4.78, 5) is 0. The maximum Gasteiger partial charge on any atom is 0.0569 e. The van der Waals surface area contributed by atoms with Gasteiger partial charge in [-0.3, -0.25) is 10.0 Å². The van der Waals surface area contributed by atoms with Gasteiger partial charge in [0.15, 0.2) is 0 Å². The van der Waals surface area contributed by atoms with Crippen molar-refractivity contribution in [2.45, 2.75) is 0 Å². The van der Waals surface area contributed by atoms with E-state index in [0.717, 1.165) is 23.0 Å². The second kappa shape index (κ2) is 4.72. The molecule has 17 heavy (non-hydrogen) atoms. The van der Waals surface area contributed by atoms with Gasteiger partial charge in [0, 0.05) is 24.8 Å². The summed E-state index contributed by atoms with van der Waals surface area (Å²) in [7, 11) is 4.02. The van der Waals surface area contributed by atoms with Crippen molar-refractivity contribution in [3.05, 3.63) is 53.3 Å². The lowest BCUT2D eigenvalue weighted by Gasteiger charge is -2.27. The number of anilines is 1. The molecular weight excluding hydrogens is 234 g/mol. The zero-order valence-electron chi connectivity index (χ0n) is 10.1. The van der Waals surface area contributed by atoms with Gasteiger partial charge in [0.2, 0.25) is 0 Å². The summed E-state index contributed by atoms with van der Waals surface area (Å²) in [5.41, 5.74) is 3.25. The molecule has 0 spiro atoms. The molecule has 1 aliphatic rings. The molecule has 1 aromatic carbocycles. The topological polar surface area (TPSA) is 18.5 Å². The van der Waals surface area contributed by atoms with Gasteiger partial charge in [0.05, 0.1) is 17.9 Å². The first-order valence-corrected chi connectivity index (χ1v) is 5.82. The van der Waals surface area contributed by atoms with E-state index in [1.807, 2.05) is 43.4 Å². The third-order valence-electron chi connectivity index (χ3n) is 2.93. The van der Waals surface area contributed by atoms with Gasteiger partial charge in [-0.25, -0.2) is 0 Å². The van der Waals surface area contributed by atoms with Crippen LogP contribution in [0.5, 0.6) is 0 Å². The molecule has 0 saturated carbocycles. The third kappa shape index (κ3) is 2.56. The number of nitrogens with one attached hydrogen (secondary N) is 1. The van der Waals surface area contributed by atoms with Crippen molar-refractivity contribution in [1.29, 1.82) is 0 Å². The van der Waals surface area contributed by atoms with E-state index in [9.17, 15) is 0 Å². The van der Waals surface area contributed by atoms with Crippen molar-refractivity contribution in [1.82, 2.24) is 10.0 Å². The third-order valence-corrected chi connectivity index (χ3v) is 3.18. The van der Waals surface area contributed by atoms with Crippen LogP contribution in [0.15, 0.2) is 48.3 Å². The van der Waals surface area contributed by atoms with Crippen molar-refractivity contribution in [2.75, 3.05) is 26.0 Å². The summed E-state index contributed by atoms with van der Waals surface area (Å²) < 4.78 is 0. The zero-order valence-corrected chi connectivity index (χ0v) is 10.8. The van der Waals surface area contributed by atoms with Crippen molar-refractivity contribution in [3.8, 4) is 0 Å². The van der Waals surface area contributed by atoms with E-state index in [2.05, 4.69) is 23.0 Å². The highest BCUT2D eigenvalue weighted by Crippen LogP contribution is 2.21. The summed E-state index contributed by atoms with van der Waals surface area (Å²) in [6, 6.07) is 7.69. The minimum Gasteiger partial charge on any atom is -0.379 e. The molecule has 0 fully saturated rings. The zero-order chi connectivity index (χ0) is 12.4. The first kappa shape index (κ1) is 11.9. The molecule has 0 bridgehead atoms. The predicted molar refractivity (Wildman–Crippen MR) is 72.7 cm³/mol. The highest BCUT2D eigenvalue weighted by atomic mass is 35.5. The summed E-state index contributed by atoms with van der Waals surface area (Å²) in [6.45, 7) is 4.73. The Labute approximate surface area is 107 Å². The Balaban J connectivity index is 1.97. The van der Waals surface area contributed by atoms with E-state index >= 15 is 0 Å². The van der Waals surface area contributed by atoms with Crippen LogP contribution in [0.25, 0.3) is 0 Å². The van der Waals surface area contributed by atoms with Crippen molar-refractivity contribution < 1.29 is 0 Å². The number of hydrogen-bond acceptors (Lipinski definition) is 3. The first-order chi connectivity index (χ1) is 8.08. The Hall–Kier alpha value is -1.61. The molecule has 0 aliphatic carbocycles. The van der Waals surface area contributed by atoms with Gasteiger partial charge in [-0.15, -0.1) is 0 Å². The van der Waals surface area contributed by atoms with Crippen LogP contribution >= 0.6 is 11.6 Å². The molecule has 1 aliphatic heterocycles. The molecular formula is C13H16ClN3. The largest absolute Gasteiger partial charge is 0.379 e. The molecule has 0 saturated heterocycles. The van der Waals surface area contributed by atoms with Gasteiger partial charge in [-0.05, 0) is 30.3 Å². The number of nitrogens with zero attached hydrogens (tertiary/aromatic N) is 2. The van der Waals surface area contributed by atoms with Crippen LogP contribution in [-0.4, -0.2) is 30.7 Å². The Bertz CT molecular complexity index is 450. The molecule has 2 rings (SSSR count). The molecule has 3 nitrogen and oxygen atoms in total. The minimum absolute atomic E-state index is 0.751.